The van der Waals surface area contributed by atoms with Gasteiger partial charge in [-0.15, -0.1) is 0 Å². The van der Waals surface area contributed by atoms with Crippen molar-refractivity contribution in [1.82, 2.24) is 0 Å². The van der Waals surface area contributed by atoms with Crippen LogP contribution in [0.5, 0.6) is 11.5 Å². The van der Waals surface area contributed by atoms with Gasteiger partial charge in [-0.3, -0.25) is 0 Å². The summed E-state index contributed by atoms with van der Waals surface area (Å²) in [6.07, 6.45) is 1.91. The van der Waals surface area contributed by atoms with Gasteiger partial charge in [-0.1, -0.05) is 35.0 Å². The zero-order valence-electron chi connectivity index (χ0n) is 11.9. The van der Waals surface area contributed by atoms with Crippen LogP contribution in [-0.4, -0.2) is 6.04 Å². The summed E-state index contributed by atoms with van der Waals surface area (Å²) in [5.74, 6) is 1.73. The molecule has 2 N–H and O–H groups in total. The highest BCUT2D eigenvalue weighted by atomic mass is 79.9. The summed E-state index contributed by atoms with van der Waals surface area (Å²) >= 11 is 3.42. The van der Waals surface area contributed by atoms with E-state index in [1.807, 2.05) is 30.3 Å². The minimum absolute atomic E-state index is 0.229. The molecule has 0 bridgehead atoms. The van der Waals surface area contributed by atoms with Gasteiger partial charge in [0.25, 0.3) is 0 Å². The lowest BCUT2D eigenvalue weighted by Gasteiger charge is -2.12. The lowest BCUT2D eigenvalue weighted by Crippen LogP contribution is -2.21. The van der Waals surface area contributed by atoms with E-state index in [1.165, 1.54) is 5.56 Å². The van der Waals surface area contributed by atoms with E-state index in [0.717, 1.165) is 34.4 Å². The molecule has 0 aliphatic rings. The summed E-state index contributed by atoms with van der Waals surface area (Å²) in [6.45, 7) is 4.18. The van der Waals surface area contributed by atoms with Crippen LogP contribution >= 0.6 is 15.9 Å². The second kappa shape index (κ2) is 6.91. The van der Waals surface area contributed by atoms with E-state index in [2.05, 4.69) is 41.9 Å². The van der Waals surface area contributed by atoms with E-state index in [1.54, 1.807) is 0 Å². The molecular weight excluding hydrogens is 314 g/mol. The van der Waals surface area contributed by atoms with Crippen LogP contribution < -0.4 is 10.5 Å². The molecule has 3 heteroatoms. The second-order valence-electron chi connectivity index (χ2n) is 5.03. The van der Waals surface area contributed by atoms with Crippen LogP contribution in [0.4, 0.5) is 0 Å². The van der Waals surface area contributed by atoms with E-state index in [9.17, 15) is 0 Å². The Labute approximate surface area is 129 Å². The molecule has 2 aromatic carbocycles. The number of rotatable bonds is 5. The van der Waals surface area contributed by atoms with Crippen molar-refractivity contribution >= 4 is 15.9 Å². The third-order valence-corrected chi connectivity index (χ3v) is 3.83. The summed E-state index contributed by atoms with van der Waals surface area (Å²) in [5.41, 5.74) is 8.39. The lowest BCUT2D eigenvalue weighted by molar-refractivity contribution is 0.478. The molecule has 0 saturated carbocycles. The first kappa shape index (κ1) is 15.1. The van der Waals surface area contributed by atoms with Gasteiger partial charge < -0.3 is 10.5 Å². The van der Waals surface area contributed by atoms with Gasteiger partial charge in [-0.25, -0.2) is 0 Å². The largest absolute Gasteiger partial charge is 0.457 e. The summed E-state index contributed by atoms with van der Waals surface area (Å²) in [6, 6.07) is 14.3. The summed E-state index contributed by atoms with van der Waals surface area (Å²) < 4.78 is 6.95. The van der Waals surface area contributed by atoms with E-state index < -0.39 is 0 Å². The zero-order valence-corrected chi connectivity index (χ0v) is 13.5. The molecule has 0 aliphatic heterocycles. The Kier molecular flexibility index (Phi) is 5.21. The Morgan fingerprint density at radius 3 is 2.45 bits per heavy atom. The standard InChI is InChI=1S/C17H20BrNO/c1-3-15(19)11-13-4-9-17(12(2)10-13)20-16-7-5-14(18)6-8-16/h4-10,15H,3,11,19H2,1-2H3. The SMILES string of the molecule is CCC(N)Cc1ccc(Oc2ccc(Br)cc2)c(C)c1. The third-order valence-electron chi connectivity index (χ3n) is 3.30. The van der Waals surface area contributed by atoms with Crippen LogP contribution in [0.3, 0.4) is 0 Å². The Morgan fingerprint density at radius 1 is 1.15 bits per heavy atom. The fraction of sp³-hybridized carbons (Fsp3) is 0.294. The van der Waals surface area contributed by atoms with Gasteiger partial charge in [0.15, 0.2) is 0 Å². The molecule has 0 heterocycles. The Hall–Kier alpha value is -1.32. The Balaban J connectivity index is 2.11. The predicted molar refractivity (Wildman–Crippen MR) is 87.4 cm³/mol. The molecule has 2 nitrogen and oxygen atoms in total. The normalized spacial score (nSPS) is 12.2. The third kappa shape index (κ3) is 4.09. The van der Waals surface area contributed by atoms with Crippen molar-refractivity contribution in [2.75, 3.05) is 0 Å². The molecule has 1 unspecified atom stereocenters. The molecule has 0 spiro atoms. The first-order valence-corrected chi connectivity index (χ1v) is 7.66. The van der Waals surface area contributed by atoms with Crippen LogP contribution in [0.25, 0.3) is 0 Å². The van der Waals surface area contributed by atoms with Crippen molar-refractivity contribution in [1.29, 1.82) is 0 Å². The number of ether oxygens (including phenoxy) is 1. The molecule has 0 radical (unpaired) electrons. The van der Waals surface area contributed by atoms with Crippen LogP contribution in [-0.2, 0) is 6.42 Å². The molecule has 106 valence electrons. The number of nitrogens with two attached hydrogens (primary N) is 1. The molecule has 20 heavy (non-hydrogen) atoms. The molecular formula is C17H20BrNO. The van der Waals surface area contributed by atoms with Gasteiger partial charge in [0.05, 0.1) is 0 Å². The van der Waals surface area contributed by atoms with Gasteiger partial charge >= 0.3 is 0 Å². The molecule has 2 aromatic rings. The fourth-order valence-corrected chi connectivity index (χ4v) is 2.29. The van der Waals surface area contributed by atoms with Gasteiger partial charge in [-0.2, -0.15) is 0 Å². The van der Waals surface area contributed by atoms with Gasteiger partial charge in [-0.05, 0) is 61.2 Å². The minimum atomic E-state index is 0.229. The number of aryl methyl sites for hydroxylation is 1. The second-order valence-corrected chi connectivity index (χ2v) is 5.94. The van der Waals surface area contributed by atoms with Crippen molar-refractivity contribution in [3.63, 3.8) is 0 Å². The average Bonchev–Trinajstić information content (AvgIpc) is 2.44. The van der Waals surface area contributed by atoms with Crippen LogP contribution in [0, 0.1) is 6.92 Å². The van der Waals surface area contributed by atoms with Crippen molar-refractivity contribution < 1.29 is 4.74 Å². The summed E-state index contributed by atoms with van der Waals surface area (Å²) in [5, 5.41) is 0. The Morgan fingerprint density at radius 2 is 1.85 bits per heavy atom. The van der Waals surface area contributed by atoms with Gasteiger partial charge in [0.1, 0.15) is 11.5 Å². The quantitative estimate of drug-likeness (QED) is 0.850. The topological polar surface area (TPSA) is 35.2 Å². The number of hydrogen-bond acceptors (Lipinski definition) is 2. The summed E-state index contributed by atoms with van der Waals surface area (Å²) in [7, 11) is 0. The number of benzene rings is 2. The predicted octanol–water partition coefficient (Wildman–Crippen LogP) is 4.83. The van der Waals surface area contributed by atoms with E-state index in [4.69, 9.17) is 10.5 Å². The molecule has 0 saturated heterocycles. The Bertz CT molecular complexity index is 566. The average molecular weight is 334 g/mol. The van der Waals surface area contributed by atoms with Gasteiger partial charge in [0, 0.05) is 10.5 Å². The molecule has 0 fully saturated rings. The van der Waals surface area contributed by atoms with Crippen molar-refractivity contribution in [3.05, 3.63) is 58.1 Å². The van der Waals surface area contributed by atoms with Crippen LogP contribution in [0.1, 0.15) is 24.5 Å². The highest BCUT2D eigenvalue weighted by Gasteiger charge is 2.06. The maximum atomic E-state index is 6.00. The highest BCUT2D eigenvalue weighted by Crippen LogP contribution is 2.27. The number of hydrogen-bond donors (Lipinski definition) is 1. The molecule has 1 atom stereocenters. The first-order valence-electron chi connectivity index (χ1n) is 6.87. The van der Waals surface area contributed by atoms with Crippen LogP contribution in [0.2, 0.25) is 0 Å². The number of halogens is 1. The van der Waals surface area contributed by atoms with Crippen molar-refractivity contribution in [2.45, 2.75) is 32.7 Å². The molecule has 0 aromatic heterocycles. The van der Waals surface area contributed by atoms with Gasteiger partial charge in [0.2, 0.25) is 0 Å². The first-order chi connectivity index (χ1) is 9.58. The summed E-state index contributed by atoms with van der Waals surface area (Å²) in [4.78, 5) is 0. The molecule has 0 amide bonds. The minimum Gasteiger partial charge on any atom is -0.457 e. The van der Waals surface area contributed by atoms with E-state index in [-0.39, 0.29) is 6.04 Å². The van der Waals surface area contributed by atoms with Crippen molar-refractivity contribution in [3.8, 4) is 11.5 Å². The fourth-order valence-electron chi connectivity index (χ4n) is 2.03. The molecule has 0 aliphatic carbocycles. The molecule has 2 rings (SSSR count). The maximum Gasteiger partial charge on any atom is 0.130 e. The highest BCUT2D eigenvalue weighted by molar-refractivity contribution is 9.10. The monoisotopic (exact) mass is 333 g/mol. The van der Waals surface area contributed by atoms with Crippen molar-refractivity contribution in [2.24, 2.45) is 5.73 Å². The lowest BCUT2D eigenvalue weighted by atomic mass is 10.0. The van der Waals surface area contributed by atoms with E-state index >= 15 is 0 Å². The zero-order chi connectivity index (χ0) is 14.5. The van der Waals surface area contributed by atoms with E-state index in [0.29, 0.717) is 0 Å². The van der Waals surface area contributed by atoms with Crippen LogP contribution in [0.15, 0.2) is 46.9 Å². The smallest absolute Gasteiger partial charge is 0.130 e. The maximum absolute atomic E-state index is 6.00.